The Morgan fingerprint density at radius 1 is 0.923 bits per heavy atom. The molecule has 1 radical (unpaired) electrons. The van der Waals surface area contributed by atoms with Crippen molar-refractivity contribution in [2.24, 2.45) is 0 Å². The maximum Gasteiger partial charge on any atom is 0.435 e. The zero-order chi connectivity index (χ0) is 19.9. The molecule has 0 aliphatic rings. The largest absolute Gasteiger partial charge is 0.435 e. The van der Waals surface area contributed by atoms with E-state index in [1.165, 1.54) is 18.2 Å². The van der Waals surface area contributed by atoms with Crippen molar-refractivity contribution < 1.29 is 30.7 Å². The highest BCUT2D eigenvalue weighted by atomic mass is 79.9. The van der Waals surface area contributed by atoms with E-state index in [4.69, 9.17) is 5.26 Å². The number of benzene rings is 2. The van der Waals surface area contributed by atoms with E-state index in [0.29, 0.717) is 6.07 Å². The van der Waals surface area contributed by atoms with Crippen LogP contribution in [0.4, 0.5) is 30.7 Å². The lowest BCUT2D eigenvalue weighted by Crippen LogP contribution is -2.50. The predicted octanol–water partition coefficient (Wildman–Crippen LogP) is 6.84. The summed E-state index contributed by atoms with van der Waals surface area (Å²) in [5, 5.41) is 8.90. The fourth-order valence-electron chi connectivity index (χ4n) is 2.28. The molecule has 137 valence electrons. The van der Waals surface area contributed by atoms with Crippen LogP contribution >= 0.6 is 31.9 Å². The molecule has 2 aromatic carbocycles. The molecule has 0 N–H and O–H groups in total. The van der Waals surface area contributed by atoms with Crippen LogP contribution in [0.15, 0.2) is 39.3 Å². The first-order valence-electron chi connectivity index (χ1n) is 6.57. The summed E-state index contributed by atoms with van der Waals surface area (Å²) in [6.45, 7) is 0. The molecule has 0 saturated heterocycles. The Balaban J connectivity index is 2.95. The van der Waals surface area contributed by atoms with Gasteiger partial charge < -0.3 is 0 Å². The van der Waals surface area contributed by atoms with Gasteiger partial charge in [-0.05, 0) is 39.7 Å². The molecule has 0 unspecified atom stereocenters. The number of nitriles is 1. The van der Waals surface area contributed by atoms with Crippen LogP contribution in [0.2, 0.25) is 0 Å². The first kappa shape index (κ1) is 20.7. The van der Waals surface area contributed by atoms with Crippen LogP contribution in [0, 0.1) is 17.4 Å². The van der Waals surface area contributed by atoms with Crippen LogP contribution in [-0.4, -0.2) is 12.4 Å². The van der Waals surface area contributed by atoms with Crippen LogP contribution in [0.3, 0.4) is 0 Å². The van der Waals surface area contributed by atoms with Crippen molar-refractivity contribution in [1.29, 1.82) is 5.26 Å². The normalized spacial score (nSPS) is 12.8. The molecule has 10 heteroatoms. The minimum Gasteiger partial charge on any atom is -0.218 e. The summed E-state index contributed by atoms with van der Waals surface area (Å²) in [5.74, 6) is 0. The standard InChI is InChI=1S/C16H5Br2F7N/c17-10-5-11(14(19,15(20,21)22)16(23,24)25)13(12(18)6-10)9-3-1-2-8(4-9)7-26/h1-5H. The van der Waals surface area contributed by atoms with Gasteiger partial charge in [-0.1, -0.05) is 28.1 Å². The fraction of sp³-hybridized carbons (Fsp3) is 0.188. The Hall–Kier alpha value is -1.60. The molecule has 0 saturated carbocycles. The van der Waals surface area contributed by atoms with E-state index >= 15 is 0 Å². The highest BCUT2D eigenvalue weighted by molar-refractivity contribution is 9.11. The van der Waals surface area contributed by atoms with Gasteiger partial charge in [0.15, 0.2) is 0 Å². The van der Waals surface area contributed by atoms with Gasteiger partial charge in [0.2, 0.25) is 0 Å². The summed E-state index contributed by atoms with van der Waals surface area (Å²) < 4.78 is 93.2. The van der Waals surface area contributed by atoms with Crippen molar-refractivity contribution in [3.05, 3.63) is 56.5 Å². The van der Waals surface area contributed by atoms with Gasteiger partial charge >= 0.3 is 18.0 Å². The zero-order valence-corrected chi connectivity index (χ0v) is 15.4. The molecule has 0 spiro atoms. The SMILES string of the molecule is N#Cc1cccc(-c2c(Br)[c]c(Br)cc2C(F)(C(F)(F)F)C(F)(F)F)c1. The van der Waals surface area contributed by atoms with Crippen molar-refractivity contribution in [1.82, 2.24) is 0 Å². The lowest BCUT2D eigenvalue weighted by molar-refractivity contribution is -0.348. The molecule has 0 aliphatic heterocycles. The van der Waals surface area contributed by atoms with Gasteiger partial charge in [-0.15, -0.1) is 0 Å². The third kappa shape index (κ3) is 3.47. The van der Waals surface area contributed by atoms with Gasteiger partial charge in [0, 0.05) is 26.1 Å². The molecule has 0 heterocycles. The number of hydrogen-bond donors (Lipinski definition) is 0. The predicted molar refractivity (Wildman–Crippen MR) is 85.7 cm³/mol. The average Bonchev–Trinajstić information content (AvgIpc) is 2.51. The van der Waals surface area contributed by atoms with Crippen LogP contribution in [0.25, 0.3) is 11.1 Å². The minimum atomic E-state index is -6.27. The second-order valence-corrected chi connectivity index (χ2v) is 6.71. The molecule has 0 bridgehead atoms. The van der Waals surface area contributed by atoms with Crippen molar-refractivity contribution >= 4 is 31.9 Å². The average molecular weight is 504 g/mol. The van der Waals surface area contributed by atoms with E-state index in [-0.39, 0.29) is 20.1 Å². The molecule has 0 atom stereocenters. The van der Waals surface area contributed by atoms with Gasteiger partial charge in [0.1, 0.15) is 0 Å². The monoisotopic (exact) mass is 502 g/mol. The fourth-order valence-corrected chi connectivity index (χ4v) is 3.63. The van der Waals surface area contributed by atoms with E-state index in [0.717, 1.165) is 6.07 Å². The van der Waals surface area contributed by atoms with Gasteiger partial charge in [-0.2, -0.15) is 31.6 Å². The lowest BCUT2D eigenvalue weighted by atomic mass is 9.86. The molecule has 0 aliphatic carbocycles. The van der Waals surface area contributed by atoms with E-state index in [1.54, 1.807) is 6.07 Å². The highest BCUT2D eigenvalue weighted by Gasteiger charge is 2.74. The van der Waals surface area contributed by atoms with Crippen LogP contribution < -0.4 is 0 Å². The van der Waals surface area contributed by atoms with E-state index in [9.17, 15) is 30.7 Å². The molecule has 0 fully saturated rings. The summed E-state index contributed by atoms with van der Waals surface area (Å²) in [7, 11) is 0. The molecule has 2 aromatic rings. The van der Waals surface area contributed by atoms with Gasteiger partial charge in [-0.25, -0.2) is 4.39 Å². The number of nitrogens with zero attached hydrogens (tertiary/aromatic N) is 1. The summed E-state index contributed by atoms with van der Waals surface area (Å²) in [4.78, 5) is 0. The van der Waals surface area contributed by atoms with Crippen LogP contribution in [0.5, 0.6) is 0 Å². The van der Waals surface area contributed by atoms with Gasteiger partial charge in [0.25, 0.3) is 0 Å². The Kier molecular flexibility index (Phi) is 5.46. The quantitative estimate of drug-likeness (QED) is 0.411. The third-order valence-electron chi connectivity index (χ3n) is 3.42. The molecular weight excluding hydrogens is 499 g/mol. The first-order valence-corrected chi connectivity index (χ1v) is 8.16. The van der Waals surface area contributed by atoms with E-state index < -0.39 is 29.1 Å². The molecule has 0 amide bonds. The summed E-state index contributed by atoms with van der Waals surface area (Å²) in [5.41, 5.74) is -8.22. The van der Waals surface area contributed by atoms with Crippen molar-refractivity contribution in [2.45, 2.75) is 18.0 Å². The van der Waals surface area contributed by atoms with Crippen LogP contribution in [-0.2, 0) is 5.67 Å². The first-order chi connectivity index (χ1) is 11.8. The summed E-state index contributed by atoms with van der Waals surface area (Å²) in [6, 6.07) is 9.31. The zero-order valence-electron chi connectivity index (χ0n) is 12.2. The Morgan fingerprint density at radius 2 is 1.50 bits per heavy atom. The van der Waals surface area contributed by atoms with Crippen molar-refractivity contribution in [3.63, 3.8) is 0 Å². The molecule has 1 nitrogen and oxygen atoms in total. The number of hydrogen-bond acceptors (Lipinski definition) is 1. The van der Waals surface area contributed by atoms with E-state index in [1.807, 2.05) is 0 Å². The summed E-state index contributed by atoms with van der Waals surface area (Å²) >= 11 is 5.57. The Labute approximate surface area is 159 Å². The van der Waals surface area contributed by atoms with Crippen molar-refractivity contribution in [2.75, 3.05) is 0 Å². The highest BCUT2D eigenvalue weighted by Crippen LogP contribution is 2.56. The maximum absolute atomic E-state index is 14.7. The second-order valence-electron chi connectivity index (χ2n) is 5.07. The van der Waals surface area contributed by atoms with Crippen LogP contribution in [0.1, 0.15) is 11.1 Å². The number of rotatable bonds is 2. The minimum absolute atomic E-state index is 0.0215. The Bertz CT molecular complexity index is 868. The molecule has 0 aromatic heterocycles. The summed E-state index contributed by atoms with van der Waals surface area (Å²) in [6.07, 6.45) is -12.5. The third-order valence-corrected chi connectivity index (χ3v) is 4.44. The molecular formula is C16H5Br2F7N. The number of halogens is 9. The molecule has 2 rings (SSSR count). The lowest BCUT2D eigenvalue weighted by Gasteiger charge is -2.32. The second kappa shape index (κ2) is 6.85. The molecule has 26 heavy (non-hydrogen) atoms. The smallest absolute Gasteiger partial charge is 0.218 e. The van der Waals surface area contributed by atoms with Gasteiger partial charge in [-0.3, -0.25) is 0 Å². The van der Waals surface area contributed by atoms with Gasteiger partial charge in [0.05, 0.1) is 11.6 Å². The topological polar surface area (TPSA) is 23.8 Å². The maximum atomic E-state index is 14.7. The number of alkyl halides is 7. The Morgan fingerprint density at radius 3 is 2.00 bits per heavy atom. The van der Waals surface area contributed by atoms with E-state index in [2.05, 4.69) is 37.9 Å². The van der Waals surface area contributed by atoms with Crippen molar-refractivity contribution in [3.8, 4) is 17.2 Å².